The van der Waals surface area contributed by atoms with E-state index in [1.807, 2.05) is 6.08 Å². The van der Waals surface area contributed by atoms with Crippen LogP contribution in [0.3, 0.4) is 0 Å². The first kappa shape index (κ1) is 23.9. The van der Waals surface area contributed by atoms with Crippen LogP contribution in [0.1, 0.15) is 37.2 Å². The molecule has 1 aromatic carbocycles. The van der Waals surface area contributed by atoms with Gasteiger partial charge in [-0.3, -0.25) is 29.3 Å². The molecule has 1 aliphatic heterocycles. The lowest BCUT2D eigenvalue weighted by molar-refractivity contribution is -0.384. The van der Waals surface area contributed by atoms with Crippen LogP contribution in [-0.2, 0) is 25.8 Å². The van der Waals surface area contributed by atoms with Gasteiger partial charge in [-0.05, 0) is 50.0 Å². The number of aliphatic hydroxyl groups excluding tert-OH is 1. The predicted octanol–water partition coefficient (Wildman–Crippen LogP) is 3.31. The molecule has 0 bridgehead atoms. The van der Waals surface area contributed by atoms with Crippen molar-refractivity contribution in [3.8, 4) is 0 Å². The van der Waals surface area contributed by atoms with Crippen molar-refractivity contribution >= 4 is 34.8 Å². The van der Waals surface area contributed by atoms with Crippen LogP contribution in [-0.4, -0.2) is 33.4 Å². The summed E-state index contributed by atoms with van der Waals surface area (Å²) in [5, 5.41) is 20.8. The molecule has 3 aliphatic carbocycles. The van der Waals surface area contributed by atoms with E-state index >= 15 is 0 Å². The number of carbonyl (C=O) groups excluding carboxylic acids is 4. The largest absolute Gasteiger partial charge is 0.463 e. The molecule has 4 atom stereocenters. The highest BCUT2D eigenvalue weighted by molar-refractivity contribution is 6.25. The minimum Gasteiger partial charge on any atom is -0.463 e. The van der Waals surface area contributed by atoms with Crippen molar-refractivity contribution in [1.82, 2.24) is 0 Å². The molecule has 1 N–H and O–H groups in total. The van der Waals surface area contributed by atoms with Gasteiger partial charge >= 0.3 is 0 Å². The number of furan rings is 1. The number of fused-ring (bicyclic) bond motifs is 3. The van der Waals surface area contributed by atoms with Crippen molar-refractivity contribution in [3.63, 3.8) is 0 Å². The van der Waals surface area contributed by atoms with Crippen LogP contribution in [0.4, 0.5) is 11.4 Å². The monoisotopic (exact) mass is 514 g/mol. The summed E-state index contributed by atoms with van der Waals surface area (Å²) in [6.45, 7) is 1.22. The van der Waals surface area contributed by atoms with E-state index in [9.17, 15) is 34.4 Å². The Labute approximate surface area is 216 Å². The lowest BCUT2D eigenvalue weighted by Gasteiger charge is -2.41. The van der Waals surface area contributed by atoms with Gasteiger partial charge in [-0.2, -0.15) is 0 Å². The van der Waals surface area contributed by atoms with Gasteiger partial charge in [0.1, 0.15) is 18.1 Å². The van der Waals surface area contributed by atoms with E-state index in [-0.39, 0.29) is 42.4 Å². The molecular weight excluding hydrogens is 492 g/mol. The third kappa shape index (κ3) is 3.37. The molecular formula is C28H22N2O8. The summed E-state index contributed by atoms with van der Waals surface area (Å²) in [5.74, 6) is -3.66. The Balaban J connectivity index is 1.46. The normalized spacial score (nSPS) is 26.6. The SMILES string of the molecule is CC1=CC(=O)C2=C(C[C@@H]3C(=CC[C@@H]4C(=O)N(c5cccc([N+](=O)[O-])c5)C(=O)[C@@H]43)[C@@H]2c2ccc(CO)o2)C1=O. The first-order valence-electron chi connectivity index (χ1n) is 12.2. The molecule has 10 heteroatoms. The number of nitro groups is 1. The van der Waals surface area contributed by atoms with E-state index in [1.54, 1.807) is 19.1 Å². The highest BCUT2D eigenvalue weighted by atomic mass is 16.6. The second-order valence-electron chi connectivity index (χ2n) is 9.98. The fraction of sp³-hybridized carbons (Fsp3) is 0.286. The fourth-order valence-electron chi connectivity index (χ4n) is 6.34. The Morgan fingerprint density at radius 2 is 1.89 bits per heavy atom. The molecule has 0 saturated carbocycles. The zero-order valence-electron chi connectivity index (χ0n) is 20.2. The van der Waals surface area contributed by atoms with Crippen LogP contribution in [0.25, 0.3) is 0 Å². The Morgan fingerprint density at radius 3 is 2.61 bits per heavy atom. The van der Waals surface area contributed by atoms with Crippen LogP contribution >= 0.6 is 0 Å². The summed E-state index contributed by atoms with van der Waals surface area (Å²) in [6.07, 6.45) is 3.51. The van der Waals surface area contributed by atoms with Gasteiger partial charge in [0.2, 0.25) is 11.8 Å². The molecule has 192 valence electrons. The van der Waals surface area contributed by atoms with Crippen molar-refractivity contribution in [2.75, 3.05) is 4.90 Å². The Hall–Kier alpha value is -4.44. The number of rotatable bonds is 4. The molecule has 38 heavy (non-hydrogen) atoms. The van der Waals surface area contributed by atoms with Crippen molar-refractivity contribution in [1.29, 1.82) is 0 Å². The summed E-state index contributed by atoms with van der Waals surface area (Å²) in [5.41, 5.74) is 1.51. The smallest absolute Gasteiger partial charge is 0.271 e. The zero-order valence-corrected chi connectivity index (χ0v) is 20.2. The summed E-state index contributed by atoms with van der Waals surface area (Å²) in [7, 11) is 0. The van der Waals surface area contributed by atoms with Crippen molar-refractivity contribution in [3.05, 3.63) is 92.5 Å². The van der Waals surface area contributed by atoms with Gasteiger partial charge in [-0.25, -0.2) is 4.90 Å². The number of hydrogen-bond acceptors (Lipinski definition) is 8. The molecule has 10 nitrogen and oxygen atoms in total. The number of nitro benzene ring substituents is 1. The minimum absolute atomic E-state index is 0.115. The topological polar surface area (TPSA) is 148 Å². The maximum Gasteiger partial charge on any atom is 0.271 e. The quantitative estimate of drug-likeness (QED) is 0.215. The number of anilines is 1. The molecule has 1 aromatic heterocycles. The predicted molar refractivity (Wildman–Crippen MR) is 132 cm³/mol. The summed E-state index contributed by atoms with van der Waals surface area (Å²) in [6, 6.07) is 8.63. The van der Waals surface area contributed by atoms with Crippen LogP contribution in [0.2, 0.25) is 0 Å². The number of amides is 2. The summed E-state index contributed by atoms with van der Waals surface area (Å²) >= 11 is 0. The molecule has 2 amide bonds. The maximum atomic E-state index is 13.8. The molecule has 1 saturated heterocycles. The number of allylic oxidation sites excluding steroid dienone is 6. The molecule has 0 spiro atoms. The molecule has 2 heterocycles. The third-order valence-corrected chi connectivity index (χ3v) is 7.98. The third-order valence-electron chi connectivity index (χ3n) is 7.98. The first-order chi connectivity index (χ1) is 18.2. The number of non-ortho nitro benzene ring substituents is 1. The molecule has 0 unspecified atom stereocenters. The number of imide groups is 1. The van der Waals surface area contributed by atoms with Gasteiger partial charge in [0.25, 0.3) is 5.69 Å². The highest BCUT2D eigenvalue weighted by Gasteiger charge is 2.57. The molecule has 1 fully saturated rings. The second-order valence-corrected chi connectivity index (χ2v) is 9.98. The average molecular weight is 514 g/mol. The van der Waals surface area contributed by atoms with Crippen molar-refractivity contribution in [2.24, 2.45) is 17.8 Å². The van der Waals surface area contributed by atoms with Crippen LogP contribution < -0.4 is 4.90 Å². The molecule has 2 aromatic rings. The lowest BCUT2D eigenvalue weighted by Crippen LogP contribution is -2.39. The van der Waals surface area contributed by atoms with Gasteiger partial charge in [0.05, 0.1) is 28.4 Å². The number of hydrogen-bond donors (Lipinski definition) is 1. The number of ketones is 2. The van der Waals surface area contributed by atoms with Gasteiger partial charge in [-0.1, -0.05) is 17.7 Å². The van der Waals surface area contributed by atoms with E-state index < -0.39 is 40.4 Å². The number of carbonyl (C=O) groups is 4. The van der Waals surface area contributed by atoms with Crippen LogP contribution in [0.15, 0.2) is 75.3 Å². The maximum absolute atomic E-state index is 13.8. The zero-order chi connectivity index (χ0) is 26.9. The molecule has 6 rings (SSSR count). The van der Waals surface area contributed by atoms with Crippen LogP contribution in [0.5, 0.6) is 0 Å². The van der Waals surface area contributed by atoms with Gasteiger partial charge < -0.3 is 9.52 Å². The second kappa shape index (κ2) is 8.56. The number of Topliss-reactive ketones (excluding diaryl/α,β-unsaturated/α-hetero) is 1. The van der Waals surface area contributed by atoms with E-state index in [2.05, 4.69) is 0 Å². The van der Waals surface area contributed by atoms with Crippen molar-refractivity contribution in [2.45, 2.75) is 32.3 Å². The fourth-order valence-corrected chi connectivity index (χ4v) is 6.34. The van der Waals surface area contributed by atoms with Crippen LogP contribution in [0, 0.1) is 27.9 Å². The van der Waals surface area contributed by atoms with E-state index in [4.69, 9.17) is 4.42 Å². The minimum atomic E-state index is -0.806. The number of aliphatic hydroxyl groups is 1. The van der Waals surface area contributed by atoms with E-state index in [0.29, 0.717) is 28.2 Å². The van der Waals surface area contributed by atoms with Gasteiger partial charge in [0.15, 0.2) is 11.6 Å². The van der Waals surface area contributed by atoms with Gasteiger partial charge in [0, 0.05) is 28.9 Å². The highest BCUT2D eigenvalue weighted by Crippen LogP contribution is 2.55. The molecule has 0 radical (unpaired) electrons. The average Bonchev–Trinajstić information content (AvgIpc) is 3.48. The van der Waals surface area contributed by atoms with E-state index in [1.165, 1.54) is 30.3 Å². The Kier molecular flexibility index (Phi) is 5.39. The molecule has 4 aliphatic rings. The standard InChI is InChI=1S/C28H22N2O8/c1-13-9-21(32)24-20(26(13)33)11-19-17(25(24)22-8-5-16(12-31)38-22)6-7-18-23(19)28(35)29(27(18)34)14-3-2-4-15(10-14)30(36)37/h2-6,8-10,18-19,23,25,31H,7,11-12H2,1H3/t18-,19+,23-,25+/m0/s1. The Morgan fingerprint density at radius 1 is 1.11 bits per heavy atom. The number of nitrogens with zero attached hydrogens (tertiary/aromatic N) is 2. The number of benzene rings is 1. The summed E-state index contributed by atoms with van der Waals surface area (Å²) in [4.78, 5) is 65.5. The Bertz CT molecular complexity index is 1560. The summed E-state index contributed by atoms with van der Waals surface area (Å²) < 4.78 is 5.83. The van der Waals surface area contributed by atoms with E-state index in [0.717, 1.165) is 10.5 Å². The van der Waals surface area contributed by atoms with Gasteiger partial charge in [-0.15, -0.1) is 0 Å². The first-order valence-corrected chi connectivity index (χ1v) is 12.2. The van der Waals surface area contributed by atoms with Crippen molar-refractivity contribution < 1.29 is 33.6 Å². The lowest BCUT2D eigenvalue weighted by atomic mass is 9.60.